The van der Waals surface area contributed by atoms with E-state index >= 15 is 0 Å². The summed E-state index contributed by atoms with van der Waals surface area (Å²) in [5.74, 6) is -2.12. The third-order valence-corrected chi connectivity index (χ3v) is 9.66. The summed E-state index contributed by atoms with van der Waals surface area (Å²) in [6.07, 6.45) is 3.67. The van der Waals surface area contributed by atoms with Gasteiger partial charge in [0.2, 0.25) is 11.8 Å². The highest BCUT2D eigenvalue weighted by Crippen LogP contribution is 2.30. The third kappa shape index (κ3) is 10.9. The number of hydrogen-bond donors (Lipinski definition) is 3. The van der Waals surface area contributed by atoms with Crippen LogP contribution < -0.4 is 10.6 Å². The van der Waals surface area contributed by atoms with Crippen LogP contribution >= 0.6 is 11.3 Å². The molecule has 0 aliphatic carbocycles. The Hall–Kier alpha value is -3.35. The van der Waals surface area contributed by atoms with Gasteiger partial charge in [-0.3, -0.25) is 24.1 Å². The van der Waals surface area contributed by atoms with Gasteiger partial charge in [0.1, 0.15) is 16.8 Å². The number of rotatable bonds is 17. The molecule has 1 aliphatic heterocycles. The molecular formula is C34H51N5O6S. The van der Waals surface area contributed by atoms with Crippen molar-refractivity contribution in [1.82, 2.24) is 25.4 Å². The standard InChI is InChI=1S/C34H51N5O6S/c1-7-45-29(19-28(22(2)3)39(6)30(40)20-35-32(42)27-15-11-12-16-38(27)5)33-37-26(21-46-33)31(41)36-25(17-23(4)34(43)44)18-24-13-9-8-10-14-24/h8-10,13-14,21-23,25,27-29H,7,11-12,15-20H2,1-6H3,(H,35,42)(H,36,41)(H,43,44)/t23-,25+,27+,28+,29+/m0/s1. The number of ether oxygens (including phenoxy) is 1. The molecule has 3 rings (SSSR count). The van der Waals surface area contributed by atoms with Crippen LogP contribution in [0.5, 0.6) is 0 Å². The molecule has 3 amide bonds. The molecule has 254 valence electrons. The van der Waals surface area contributed by atoms with Gasteiger partial charge in [-0.2, -0.15) is 0 Å². The number of benzene rings is 1. The first-order valence-corrected chi connectivity index (χ1v) is 17.2. The maximum absolute atomic E-state index is 13.3. The molecule has 12 heteroatoms. The minimum atomic E-state index is -0.912. The van der Waals surface area contributed by atoms with E-state index in [2.05, 4.69) is 15.6 Å². The van der Waals surface area contributed by atoms with Crippen LogP contribution in [0.15, 0.2) is 35.7 Å². The van der Waals surface area contributed by atoms with Gasteiger partial charge in [0.15, 0.2) is 0 Å². The topological polar surface area (TPSA) is 141 Å². The Morgan fingerprint density at radius 1 is 1.13 bits per heavy atom. The second kappa shape index (κ2) is 18.1. The summed E-state index contributed by atoms with van der Waals surface area (Å²) < 4.78 is 6.10. The van der Waals surface area contributed by atoms with E-state index in [9.17, 15) is 24.3 Å². The number of piperidine rings is 1. The zero-order chi connectivity index (χ0) is 33.8. The van der Waals surface area contributed by atoms with E-state index < -0.39 is 24.0 Å². The molecule has 1 aromatic heterocycles. The van der Waals surface area contributed by atoms with Crippen molar-refractivity contribution >= 4 is 35.0 Å². The number of aromatic nitrogens is 1. The first-order valence-electron chi connectivity index (χ1n) is 16.3. The molecule has 46 heavy (non-hydrogen) atoms. The van der Waals surface area contributed by atoms with Gasteiger partial charge in [-0.05, 0) is 57.7 Å². The number of carboxylic acids is 1. The minimum Gasteiger partial charge on any atom is -0.481 e. The lowest BCUT2D eigenvalue weighted by molar-refractivity contribution is -0.141. The predicted molar refractivity (Wildman–Crippen MR) is 179 cm³/mol. The summed E-state index contributed by atoms with van der Waals surface area (Å²) in [5.41, 5.74) is 1.24. The first kappa shape index (κ1) is 37.1. The summed E-state index contributed by atoms with van der Waals surface area (Å²) in [4.78, 5) is 59.3. The largest absolute Gasteiger partial charge is 0.481 e. The quantitative estimate of drug-likeness (QED) is 0.231. The van der Waals surface area contributed by atoms with Gasteiger partial charge in [0, 0.05) is 37.5 Å². The summed E-state index contributed by atoms with van der Waals surface area (Å²) in [5, 5.41) is 17.6. The summed E-state index contributed by atoms with van der Waals surface area (Å²) in [6, 6.07) is 8.84. The van der Waals surface area contributed by atoms with Crippen LogP contribution in [0.3, 0.4) is 0 Å². The molecule has 2 heterocycles. The zero-order valence-electron chi connectivity index (χ0n) is 28.0. The van der Waals surface area contributed by atoms with Crippen molar-refractivity contribution in [2.24, 2.45) is 11.8 Å². The molecule has 1 fully saturated rings. The van der Waals surface area contributed by atoms with Crippen LogP contribution in [0.4, 0.5) is 0 Å². The van der Waals surface area contributed by atoms with Crippen molar-refractivity contribution in [3.05, 3.63) is 52.0 Å². The maximum Gasteiger partial charge on any atom is 0.306 e. The summed E-state index contributed by atoms with van der Waals surface area (Å²) in [7, 11) is 3.69. The number of likely N-dealkylation sites (N-methyl/N-ethyl adjacent to an activating group) is 2. The summed E-state index contributed by atoms with van der Waals surface area (Å²) in [6.45, 7) is 8.83. The van der Waals surface area contributed by atoms with Crippen molar-refractivity contribution < 1.29 is 29.0 Å². The number of carbonyl (C=O) groups excluding carboxylic acids is 3. The molecule has 1 aromatic carbocycles. The van der Waals surface area contributed by atoms with E-state index in [0.717, 1.165) is 31.4 Å². The van der Waals surface area contributed by atoms with E-state index in [1.807, 2.05) is 63.1 Å². The van der Waals surface area contributed by atoms with Crippen molar-refractivity contribution in [3.8, 4) is 0 Å². The SMILES string of the molecule is CCO[C@H](C[C@H](C(C)C)N(C)C(=O)CNC(=O)[C@H]1CCCCN1C)c1nc(C(=O)N[C@@H](Cc2ccccc2)C[C@H](C)C(=O)O)cs1. The Labute approximate surface area is 277 Å². The molecule has 0 saturated carbocycles. The number of nitrogens with zero attached hydrogens (tertiary/aromatic N) is 3. The maximum atomic E-state index is 13.3. The van der Waals surface area contributed by atoms with Gasteiger partial charge >= 0.3 is 5.97 Å². The number of carbonyl (C=O) groups is 4. The zero-order valence-corrected chi connectivity index (χ0v) is 28.8. The highest BCUT2D eigenvalue weighted by molar-refractivity contribution is 7.09. The Kier molecular flexibility index (Phi) is 14.6. The lowest BCUT2D eigenvalue weighted by Crippen LogP contribution is -2.51. The summed E-state index contributed by atoms with van der Waals surface area (Å²) >= 11 is 1.32. The Bertz CT molecular complexity index is 1290. The Morgan fingerprint density at radius 3 is 2.48 bits per heavy atom. The molecule has 11 nitrogen and oxygen atoms in total. The van der Waals surface area contributed by atoms with Gasteiger partial charge in [-0.25, -0.2) is 4.98 Å². The van der Waals surface area contributed by atoms with Crippen molar-refractivity contribution in [3.63, 3.8) is 0 Å². The highest BCUT2D eigenvalue weighted by Gasteiger charge is 2.31. The molecular weight excluding hydrogens is 606 g/mol. The van der Waals surface area contributed by atoms with E-state index in [1.165, 1.54) is 11.3 Å². The number of hydrogen-bond acceptors (Lipinski definition) is 8. The lowest BCUT2D eigenvalue weighted by atomic mass is 9.96. The average molecular weight is 658 g/mol. The van der Waals surface area contributed by atoms with Crippen LogP contribution in [-0.4, -0.2) is 95.5 Å². The van der Waals surface area contributed by atoms with Crippen LogP contribution in [0.1, 0.15) is 87.0 Å². The van der Waals surface area contributed by atoms with Crippen LogP contribution in [0.25, 0.3) is 0 Å². The number of thiazole rings is 1. The molecule has 0 radical (unpaired) electrons. The fourth-order valence-electron chi connectivity index (χ4n) is 5.95. The smallest absolute Gasteiger partial charge is 0.306 e. The van der Waals surface area contributed by atoms with Gasteiger partial charge in [0.05, 0.1) is 18.5 Å². The van der Waals surface area contributed by atoms with Crippen molar-refractivity contribution in [2.45, 2.75) is 90.4 Å². The van der Waals surface area contributed by atoms with E-state index in [0.29, 0.717) is 24.5 Å². The molecule has 5 atom stereocenters. The molecule has 3 N–H and O–H groups in total. The van der Waals surface area contributed by atoms with Gasteiger partial charge in [0.25, 0.3) is 5.91 Å². The molecule has 0 unspecified atom stereocenters. The molecule has 0 bridgehead atoms. The monoisotopic (exact) mass is 657 g/mol. The second-order valence-corrected chi connectivity index (χ2v) is 13.5. The fraction of sp³-hybridized carbons (Fsp3) is 0.618. The highest BCUT2D eigenvalue weighted by atomic mass is 32.1. The molecule has 1 saturated heterocycles. The molecule has 0 spiro atoms. The van der Waals surface area contributed by atoms with Gasteiger partial charge in [-0.15, -0.1) is 11.3 Å². The number of aliphatic carboxylic acids is 1. The number of likely N-dealkylation sites (tertiary alicyclic amines) is 1. The normalized spacial score (nSPS) is 17.9. The van der Waals surface area contributed by atoms with Crippen molar-refractivity contribution in [2.75, 3.05) is 33.8 Å². The van der Waals surface area contributed by atoms with Gasteiger partial charge < -0.3 is 25.4 Å². The number of nitrogens with one attached hydrogen (secondary N) is 2. The van der Waals surface area contributed by atoms with Crippen LogP contribution in [0, 0.1) is 11.8 Å². The number of amides is 3. The predicted octanol–water partition coefficient (Wildman–Crippen LogP) is 4.15. The Balaban J connectivity index is 1.67. The molecule has 2 aromatic rings. The first-order chi connectivity index (χ1) is 21.9. The van der Waals surface area contributed by atoms with Crippen LogP contribution in [0.2, 0.25) is 0 Å². The van der Waals surface area contributed by atoms with E-state index in [1.54, 1.807) is 24.3 Å². The minimum absolute atomic E-state index is 0.0750. The average Bonchev–Trinajstić information content (AvgIpc) is 3.52. The second-order valence-electron chi connectivity index (χ2n) is 12.6. The van der Waals surface area contributed by atoms with E-state index in [-0.39, 0.29) is 54.4 Å². The fourth-order valence-corrected chi connectivity index (χ4v) is 6.81. The third-order valence-electron chi connectivity index (χ3n) is 8.72. The van der Waals surface area contributed by atoms with E-state index in [4.69, 9.17) is 4.74 Å². The number of carboxylic acid groups (broad SMARTS) is 1. The van der Waals surface area contributed by atoms with Gasteiger partial charge in [-0.1, -0.05) is 57.5 Å². The molecule has 1 aliphatic rings. The Morgan fingerprint density at radius 2 is 1.85 bits per heavy atom. The lowest BCUT2D eigenvalue weighted by Gasteiger charge is -2.34. The van der Waals surface area contributed by atoms with Crippen LogP contribution in [-0.2, 0) is 25.5 Å². The van der Waals surface area contributed by atoms with Crippen molar-refractivity contribution in [1.29, 1.82) is 0 Å².